The summed E-state index contributed by atoms with van der Waals surface area (Å²) in [5, 5.41) is 9.83. The van der Waals surface area contributed by atoms with Gasteiger partial charge in [-0.3, -0.25) is 0 Å². The van der Waals surface area contributed by atoms with Gasteiger partial charge in [0.05, 0.1) is 11.0 Å². The van der Waals surface area contributed by atoms with Crippen molar-refractivity contribution in [3.05, 3.63) is 20.5 Å². The Morgan fingerprint density at radius 2 is 2.12 bits per heavy atom. The fourth-order valence-corrected chi connectivity index (χ4v) is 4.24. The summed E-state index contributed by atoms with van der Waals surface area (Å²) < 4.78 is 13.7. The largest absolute Gasteiger partial charge is 0.388 e. The third-order valence-corrected chi connectivity index (χ3v) is 5.50. The third kappa shape index (κ3) is 3.76. The van der Waals surface area contributed by atoms with Crippen molar-refractivity contribution in [2.75, 3.05) is 0 Å². The maximum Gasteiger partial charge on any atom is 0.177 e. The van der Waals surface area contributed by atoms with Crippen molar-refractivity contribution in [3.8, 4) is 0 Å². The fourth-order valence-electron chi connectivity index (χ4n) is 2.58. The zero-order valence-corrected chi connectivity index (χ0v) is 12.2. The van der Waals surface area contributed by atoms with Crippen LogP contribution in [0.25, 0.3) is 0 Å². The Bertz CT molecular complexity index is 360. The third-order valence-electron chi connectivity index (χ3n) is 3.56. The molecule has 1 atom stereocenters. The molecule has 0 aliphatic heterocycles. The molecule has 17 heavy (non-hydrogen) atoms. The van der Waals surface area contributed by atoms with Gasteiger partial charge in [0, 0.05) is 4.47 Å². The quantitative estimate of drug-likeness (QED) is 0.823. The molecule has 2 rings (SSSR count). The van der Waals surface area contributed by atoms with E-state index in [0.29, 0.717) is 4.47 Å². The van der Waals surface area contributed by atoms with Gasteiger partial charge in [-0.1, -0.05) is 32.1 Å². The molecule has 0 amide bonds. The summed E-state index contributed by atoms with van der Waals surface area (Å²) in [6, 6.07) is 1.43. The molecule has 1 aliphatic rings. The minimum atomic E-state index is -0.513. The number of hydrogen-bond acceptors (Lipinski definition) is 2. The SMILES string of the molecule is OC(CCC1CCCCC1)c1sc(F)cc1Br. The van der Waals surface area contributed by atoms with Gasteiger partial charge in [0.1, 0.15) is 0 Å². The summed E-state index contributed by atoms with van der Waals surface area (Å²) in [4.78, 5) is 0.735. The van der Waals surface area contributed by atoms with E-state index < -0.39 is 6.10 Å². The Hall–Kier alpha value is 0.0700. The van der Waals surface area contributed by atoms with Crippen LogP contribution < -0.4 is 0 Å². The summed E-state index contributed by atoms with van der Waals surface area (Å²) in [5.74, 6) is 0.766. The van der Waals surface area contributed by atoms with Gasteiger partial charge in [-0.25, -0.2) is 0 Å². The molecule has 0 spiro atoms. The smallest absolute Gasteiger partial charge is 0.177 e. The van der Waals surface area contributed by atoms with Crippen LogP contribution in [0.1, 0.15) is 55.9 Å². The lowest BCUT2D eigenvalue weighted by Crippen LogP contribution is -2.08. The van der Waals surface area contributed by atoms with Crippen molar-refractivity contribution in [2.45, 2.75) is 51.0 Å². The van der Waals surface area contributed by atoms with E-state index in [9.17, 15) is 9.50 Å². The van der Waals surface area contributed by atoms with Crippen molar-refractivity contribution < 1.29 is 9.50 Å². The molecule has 1 unspecified atom stereocenters. The van der Waals surface area contributed by atoms with Crippen molar-refractivity contribution in [1.82, 2.24) is 0 Å². The molecule has 1 saturated carbocycles. The number of rotatable bonds is 4. The molecular formula is C13H18BrFOS. The van der Waals surface area contributed by atoms with Gasteiger partial charge in [-0.2, -0.15) is 4.39 Å². The summed E-state index contributed by atoms with van der Waals surface area (Å²) in [5.41, 5.74) is 0. The highest BCUT2D eigenvalue weighted by molar-refractivity contribution is 9.10. The number of halogens is 2. The van der Waals surface area contributed by atoms with Crippen molar-refractivity contribution in [2.24, 2.45) is 5.92 Å². The van der Waals surface area contributed by atoms with Gasteiger partial charge in [-0.05, 0) is 40.8 Å². The molecule has 0 bridgehead atoms. The lowest BCUT2D eigenvalue weighted by molar-refractivity contribution is 0.154. The predicted octanol–water partition coefficient (Wildman–Crippen LogP) is 5.04. The summed E-state index contributed by atoms with van der Waals surface area (Å²) >= 11 is 4.34. The van der Waals surface area contributed by atoms with Crippen LogP contribution in [0.5, 0.6) is 0 Å². The van der Waals surface area contributed by atoms with E-state index >= 15 is 0 Å². The molecule has 1 fully saturated rings. The van der Waals surface area contributed by atoms with E-state index in [2.05, 4.69) is 15.9 Å². The highest BCUT2D eigenvalue weighted by Gasteiger charge is 2.19. The maximum absolute atomic E-state index is 13.0. The van der Waals surface area contributed by atoms with Crippen LogP contribution in [-0.2, 0) is 0 Å². The first kappa shape index (κ1) is 13.5. The van der Waals surface area contributed by atoms with Gasteiger partial charge in [0.2, 0.25) is 0 Å². The Balaban J connectivity index is 1.84. The normalized spacial score (nSPS) is 19.5. The number of hydrogen-bond donors (Lipinski definition) is 1. The second-order valence-corrected chi connectivity index (χ2v) is 6.75. The molecule has 1 nitrogen and oxygen atoms in total. The Labute approximate surface area is 114 Å². The first-order valence-corrected chi connectivity index (χ1v) is 7.90. The summed E-state index contributed by atoms with van der Waals surface area (Å²) in [7, 11) is 0. The second kappa shape index (κ2) is 6.30. The zero-order chi connectivity index (χ0) is 12.3. The lowest BCUT2D eigenvalue weighted by atomic mass is 9.85. The van der Waals surface area contributed by atoms with Crippen molar-refractivity contribution in [3.63, 3.8) is 0 Å². The molecule has 0 radical (unpaired) electrons. The summed E-state index contributed by atoms with van der Waals surface area (Å²) in [6.07, 6.45) is 7.92. The standard InChI is InChI=1S/C13H18BrFOS/c14-10-8-12(15)17-13(10)11(16)7-6-9-4-2-1-3-5-9/h8-9,11,16H,1-7H2. The van der Waals surface area contributed by atoms with E-state index in [1.807, 2.05) is 0 Å². The first-order chi connectivity index (χ1) is 8.16. The molecule has 96 valence electrons. The Morgan fingerprint density at radius 1 is 1.41 bits per heavy atom. The van der Waals surface area contributed by atoms with Crippen LogP contribution in [0, 0.1) is 11.0 Å². The van der Waals surface area contributed by atoms with Crippen molar-refractivity contribution in [1.29, 1.82) is 0 Å². The topological polar surface area (TPSA) is 20.2 Å². The van der Waals surface area contributed by atoms with Crippen LogP contribution in [0.15, 0.2) is 10.5 Å². The van der Waals surface area contributed by atoms with Crippen LogP contribution in [-0.4, -0.2) is 5.11 Å². The monoisotopic (exact) mass is 320 g/mol. The zero-order valence-electron chi connectivity index (χ0n) is 9.79. The fraction of sp³-hybridized carbons (Fsp3) is 0.692. The second-order valence-electron chi connectivity index (χ2n) is 4.86. The van der Waals surface area contributed by atoms with Gasteiger partial charge < -0.3 is 5.11 Å². The van der Waals surface area contributed by atoms with Gasteiger partial charge in [-0.15, -0.1) is 11.3 Å². The molecular weight excluding hydrogens is 303 g/mol. The highest BCUT2D eigenvalue weighted by Crippen LogP contribution is 2.36. The van der Waals surface area contributed by atoms with Gasteiger partial charge in [0.25, 0.3) is 0 Å². The highest BCUT2D eigenvalue weighted by atomic mass is 79.9. The molecule has 1 aromatic heterocycles. The van der Waals surface area contributed by atoms with Crippen LogP contribution in [0.3, 0.4) is 0 Å². The molecule has 1 aliphatic carbocycles. The first-order valence-electron chi connectivity index (χ1n) is 6.29. The average Bonchev–Trinajstić information content (AvgIpc) is 2.67. The van der Waals surface area contributed by atoms with Crippen LogP contribution in [0.2, 0.25) is 0 Å². The van der Waals surface area contributed by atoms with E-state index in [4.69, 9.17) is 0 Å². The Morgan fingerprint density at radius 3 is 2.71 bits per heavy atom. The average molecular weight is 321 g/mol. The minimum Gasteiger partial charge on any atom is -0.388 e. The van der Waals surface area contributed by atoms with Gasteiger partial charge in [0.15, 0.2) is 5.13 Å². The predicted molar refractivity (Wildman–Crippen MR) is 72.7 cm³/mol. The van der Waals surface area contributed by atoms with E-state index in [1.165, 1.54) is 38.2 Å². The number of thiophene rings is 1. The van der Waals surface area contributed by atoms with E-state index in [0.717, 1.165) is 35.0 Å². The summed E-state index contributed by atoms with van der Waals surface area (Å²) in [6.45, 7) is 0. The molecule has 1 aromatic rings. The lowest BCUT2D eigenvalue weighted by Gasteiger charge is -2.22. The molecule has 0 aromatic carbocycles. The van der Waals surface area contributed by atoms with Gasteiger partial charge >= 0.3 is 0 Å². The van der Waals surface area contributed by atoms with E-state index in [-0.39, 0.29) is 5.13 Å². The Kier molecular flexibility index (Phi) is 5.00. The number of aliphatic hydroxyl groups is 1. The molecule has 0 saturated heterocycles. The van der Waals surface area contributed by atoms with E-state index in [1.54, 1.807) is 0 Å². The van der Waals surface area contributed by atoms with Crippen LogP contribution >= 0.6 is 27.3 Å². The van der Waals surface area contributed by atoms with Crippen LogP contribution in [0.4, 0.5) is 4.39 Å². The van der Waals surface area contributed by atoms with Crippen molar-refractivity contribution >= 4 is 27.3 Å². The number of aliphatic hydroxyl groups excluding tert-OH is 1. The molecule has 1 heterocycles. The molecule has 1 N–H and O–H groups in total. The maximum atomic E-state index is 13.0. The minimum absolute atomic E-state index is 0.233. The molecule has 4 heteroatoms.